The van der Waals surface area contributed by atoms with Gasteiger partial charge in [-0.3, -0.25) is 0 Å². The van der Waals surface area contributed by atoms with E-state index < -0.39 is 0 Å². The molecule has 0 aliphatic rings. The first-order valence-corrected chi connectivity index (χ1v) is 5.49. The molecule has 0 saturated carbocycles. The fourth-order valence-electron chi connectivity index (χ4n) is 1.23. The predicted octanol–water partition coefficient (Wildman–Crippen LogP) is 2.99. The summed E-state index contributed by atoms with van der Waals surface area (Å²) in [7, 11) is 0. The summed E-state index contributed by atoms with van der Waals surface area (Å²) in [6.45, 7) is 0.601. The molecule has 5 heteroatoms. The van der Waals surface area contributed by atoms with Gasteiger partial charge in [-0.25, -0.2) is 14.4 Å². The van der Waals surface area contributed by atoms with Gasteiger partial charge in [-0.05, 0) is 33.6 Å². The van der Waals surface area contributed by atoms with E-state index in [0.29, 0.717) is 6.54 Å². The van der Waals surface area contributed by atoms with Crippen molar-refractivity contribution in [1.29, 1.82) is 0 Å². The predicted molar refractivity (Wildman–Crippen MR) is 63.5 cm³/mol. The second-order valence-electron chi connectivity index (χ2n) is 3.21. The molecule has 2 aromatic rings. The number of hydrogen-bond acceptors (Lipinski definition) is 3. The van der Waals surface area contributed by atoms with Crippen LogP contribution >= 0.6 is 15.9 Å². The van der Waals surface area contributed by atoms with Crippen LogP contribution in [-0.4, -0.2) is 9.97 Å². The lowest BCUT2D eigenvalue weighted by Gasteiger charge is -2.05. The number of benzene rings is 1. The van der Waals surface area contributed by atoms with Gasteiger partial charge in [0.2, 0.25) is 0 Å². The first-order chi connectivity index (χ1) is 7.74. The number of aromatic nitrogens is 2. The molecule has 82 valence electrons. The summed E-state index contributed by atoms with van der Waals surface area (Å²) >= 11 is 3.26. The Morgan fingerprint density at radius 1 is 1.19 bits per heavy atom. The molecule has 0 aliphatic carbocycles. The van der Waals surface area contributed by atoms with Crippen LogP contribution in [0.3, 0.4) is 0 Å². The van der Waals surface area contributed by atoms with Crippen molar-refractivity contribution in [2.75, 3.05) is 5.32 Å². The van der Waals surface area contributed by atoms with Gasteiger partial charge in [-0.15, -0.1) is 0 Å². The molecule has 0 saturated heterocycles. The summed E-state index contributed by atoms with van der Waals surface area (Å²) in [6.07, 6.45) is 1.47. The van der Waals surface area contributed by atoms with Crippen LogP contribution in [0.15, 0.2) is 41.3 Å². The Morgan fingerprint density at radius 2 is 1.94 bits per heavy atom. The molecule has 0 atom stereocenters. The summed E-state index contributed by atoms with van der Waals surface area (Å²) in [6, 6.07) is 8.13. The average molecular weight is 282 g/mol. The zero-order valence-electron chi connectivity index (χ0n) is 8.32. The number of nitrogens with one attached hydrogen (secondary N) is 1. The molecule has 1 aromatic carbocycles. The topological polar surface area (TPSA) is 37.8 Å². The minimum atomic E-state index is -0.228. The molecular formula is C11H9BrFN3. The zero-order valence-corrected chi connectivity index (χ0v) is 9.91. The lowest BCUT2D eigenvalue weighted by molar-refractivity contribution is 0.627. The third-order valence-corrected chi connectivity index (χ3v) is 2.45. The maximum atomic E-state index is 12.7. The number of rotatable bonds is 3. The second-order valence-corrected chi connectivity index (χ2v) is 4.02. The lowest BCUT2D eigenvalue weighted by atomic mass is 10.2. The quantitative estimate of drug-likeness (QED) is 0.879. The van der Waals surface area contributed by atoms with Gasteiger partial charge in [0.05, 0.1) is 0 Å². The standard InChI is InChI=1S/C11H9BrFN3/c12-10-5-11(16-7-15-10)14-6-8-1-3-9(13)4-2-8/h1-5,7H,6H2,(H,14,15,16). The molecule has 1 aromatic heterocycles. The van der Waals surface area contributed by atoms with Crippen LogP contribution in [0.2, 0.25) is 0 Å². The van der Waals surface area contributed by atoms with Crippen LogP contribution in [0.4, 0.5) is 10.2 Å². The van der Waals surface area contributed by atoms with Crippen molar-refractivity contribution in [3.8, 4) is 0 Å². The van der Waals surface area contributed by atoms with Gasteiger partial charge in [0.15, 0.2) is 0 Å². The molecule has 0 unspecified atom stereocenters. The molecule has 0 radical (unpaired) electrons. The van der Waals surface area contributed by atoms with E-state index in [0.717, 1.165) is 16.0 Å². The minimum Gasteiger partial charge on any atom is -0.366 e. The normalized spacial score (nSPS) is 10.1. The van der Waals surface area contributed by atoms with Crippen molar-refractivity contribution in [2.45, 2.75) is 6.54 Å². The van der Waals surface area contributed by atoms with Crippen LogP contribution in [0, 0.1) is 5.82 Å². The number of halogens is 2. The first kappa shape index (κ1) is 11.0. The molecule has 1 N–H and O–H groups in total. The summed E-state index contributed by atoms with van der Waals surface area (Å²) < 4.78 is 13.4. The SMILES string of the molecule is Fc1ccc(CNc2cc(Br)ncn2)cc1. The van der Waals surface area contributed by atoms with Crippen molar-refractivity contribution in [2.24, 2.45) is 0 Å². The number of anilines is 1. The zero-order chi connectivity index (χ0) is 11.4. The average Bonchev–Trinajstić information content (AvgIpc) is 2.28. The van der Waals surface area contributed by atoms with E-state index in [4.69, 9.17) is 0 Å². The van der Waals surface area contributed by atoms with E-state index in [-0.39, 0.29) is 5.82 Å². The van der Waals surface area contributed by atoms with Crippen LogP contribution in [0.25, 0.3) is 0 Å². The smallest absolute Gasteiger partial charge is 0.130 e. The van der Waals surface area contributed by atoms with Crippen LogP contribution in [0.1, 0.15) is 5.56 Å². The molecule has 2 rings (SSSR count). The molecule has 0 fully saturated rings. The Kier molecular flexibility index (Phi) is 3.46. The summed E-state index contributed by atoms with van der Waals surface area (Å²) in [5, 5.41) is 3.12. The van der Waals surface area contributed by atoms with Gasteiger partial charge in [0, 0.05) is 12.6 Å². The van der Waals surface area contributed by atoms with Gasteiger partial charge in [-0.2, -0.15) is 0 Å². The molecule has 0 aliphatic heterocycles. The van der Waals surface area contributed by atoms with Gasteiger partial charge < -0.3 is 5.32 Å². The minimum absolute atomic E-state index is 0.228. The van der Waals surface area contributed by atoms with Gasteiger partial charge in [0.25, 0.3) is 0 Å². The summed E-state index contributed by atoms with van der Waals surface area (Å²) in [5.41, 5.74) is 0.996. The van der Waals surface area contributed by atoms with Crippen molar-refractivity contribution >= 4 is 21.7 Å². The molecule has 0 amide bonds. The Hall–Kier alpha value is -1.49. The van der Waals surface area contributed by atoms with E-state index in [1.54, 1.807) is 18.2 Å². The highest BCUT2D eigenvalue weighted by atomic mass is 79.9. The maximum Gasteiger partial charge on any atom is 0.130 e. The van der Waals surface area contributed by atoms with Crippen LogP contribution in [0.5, 0.6) is 0 Å². The highest BCUT2D eigenvalue weighted by molar-refractivity contribution is 9.10. The monoisotopic (exact) mass is 281 g/mol. The molecule has 0 spiro atoms. The Morgan fingerprint density at radius 3 is 2.62 bits per heavy atom. The summed E-state index contributed by atoms with van der Waals surface area (Å²) in [5.74, 6) is 0.500. The fourth-order valence-corrected chi connectivity index (χ4v) is 1.53. The third-order valence-electron chi connectivity index (χ3n) is 2.02. The van der Waals surface area contributed by atoms with E-state index in [1.165, 1.54) is 18.5 Å². The van der Waals surface area contributed by atoms with Gasteiger partial charge in [0.1, 0.15) is 22.6 Å². The molecule has 16 heavy (non-hydrogen) atoms. The Balaban J connectivity index is 1.99. The molecular weight excluding hydrogens is 273 g/mol. The molecule has 1 heterocycles. The maximum absolute atomic E-state index is 12.7. The highest BCUT2D eigenvalue weighted by Crippen LogP contribution is 2.11. The van der Waals surface area contributed by atoms with Gasteiger partial charge in [-0.1, -0.05) is 12.1 Å². The first-order valence-electron chi connectivity index (χ1n) is 4.70. The Bertz CT molecular complexity index is 473. The molecule has 3 nitrogen and oxygen atoms in total. The van der Waals surface area contributed by atoms with Crippen molar-refractivity contribution in [1.82, 2.24) is 9.97 Å². The highest BCUT2D eigenvalue weighted by Gasteiger charge is 1.97. The van der Waals surface area contributed by atoms with Crippen LogP contribution in [-0.2, 0) is 6.54 Å². The van der Waals surface area contributed by atoms with Crippen molar-refractivity contribution in [3.63, 3.8) is 0 Å². The van der Waals surface area contributed by atoms with Crippen LogP contribution < -0.4 is 5.32 Å². The molecule has 0 bridgehead atoms. The Labute approximate surface area is 101 Å². The number of nitrogens with zero attached hydrogens (tertiary/aromatic N) is 2. The largest absolute Gasteiger partial charge is 0.366 e. The van der Waals surface area contributed by atoms with E-state index in [9.17, 15) is 4.39 Å². The van der Waals surface area contributed by atoms with E-state index >= 15 is 0 Å². The third kappa shape index (κ3) is 3.00. The van der Waals surface area contributed by atoms with Crippen molar-refractivity contribution < 1.29 is 4.39 Å². The van der Waals surface area contributed by atoms with E-state index in [1.807, 2.05) is 0 Å². The number of hydrogen-bond donors (Lipinski definition) is 1. The second kappa shape index (κ2) is 5.03. The van der Waals surface area contributed by atoms with E-state index in [2.05, 4.69) is 31.2 Å². The lowest BCUT2D eigenvalue weighted by Crippen LogP contribution is -2.01. The van der Waals surface area contributed by atoms with Gasteiger partial charge >= 0.3 is 0 Å². The summed E-state index contributed by atoms with van der Waals surface area (Å²) in [4.78, 5) is 7.97. The fraction of sp³-hybridized carbons (Fsp3) is 0.0909. The van der Waals surface area contributed by atoms with Crippen molar-refractivity contribution in [3.05, 3.63) is 52.6 Å².